The third-order valence-corrected chi connectivity index (χ3v) is 6.58. The molecule has 1 aromatic carbocycles. The van der Waals surface area contributed by atoms with Crippen LogP contribution in [0.2, 0.25) is 0 Å². The van der Waals surface area contributed by atoms with Gasteiger partial charge in [-0.05, 0) is 31.9 Å². The number of alkyl halides is 1. The molecule has 0 radical (unpaired) electrons. The first-order chi connectivity index (χ1) is 9.41. The number of halogens is 1. The molecule has 1 amide bonds. The van der Waals surface area contributed by atoms with Gasteiger partial charge in [0, 0.05) is 4.83 Å². The Kier molecular flexibility index (Phi) is 3.38. The number of aryl methyl sites for hydroxylation is 1. The van der Waals surface area contributed by atoms with Crippen LogP contribution in [0.5, 0.6) is 0 Å². The van der Waals surface area contributed by atoms with Gasteiger partial charge in [0.2, 0.25) is 0 Å². The molecule has 0 aromatic heterocycles. The Balaban J connectivity index is 1.93. The van der Waals surface area contributed by atoms with E-state index in [2.05, 4.69) is 21.4 Å². The molecule has 20 heavy (non-hydrogen) atoms. The van der Waals surface area contributed by atoms with Crippen molar-refractivity contribution in [2.75, 3.05) is 0 Å². The zero-order valence-electron chi connectivity index (χ0n) is 10.9. The number of carbonyl (C=O) groups excluding carboxylic acids is 1. The van der Waals surface area contributed by atoms with Gasteiger partial charge in [0.1, 0.15) is 0 Å². The van der Waals surface area contributed by atoms with Crippen LogP contribution in [0.3, 0.4) is 0 Å². The first-order valence-electron chi connectivity index (χ1n) is 6.47. The summed E-state index contributed by atoms with van der Waals surface area (Å²) in [7, 11) is -3.82. The minimum absolute atomic E-state index is 0.134. The van der Waals surface area contributed by atoms with Gasteiger partial charge in [0.15, 0.2) is 0 Å². The van der Waals surface area contributed by atoms with Crippen molar-refractivity contribution >= 4 is 31.9 Å². The van der Waals surface area contributed by atoms with E-state index >= 15 is 0 Å². The van der Waals surface area contributed by atoms with Gasteiger partial charge in [-0.1, -0.05) is 33.6 Å². The zero-order valence-corrected chi connectivity index (χ0v) is 13.3. The molecule has 3 atom stereocenters. The van der Waals surface area contributed by atoms with Crippen LogP contribution in [0.1, 0.15) is 18.4 Å². The second-order valence-corrected chi connectivity index (χ2v) is 8.24. The van der Waals surface area contributed by atoms with Gasteiger partial charge in [-0.2, -0.15) is 12.8 Å². The van der Waals surface area contributed by atoms with E-state index in [4.69, 9.17) is 0 Å². The predicted octanol–water partition coefficient (Wildman–Crippen LogP) is 1.57. The molecule has 1 saturated heterocycles. The number of nitrogens with one attached hydrogen (secondary N) is 1. The van der Waals surface area contributed by atoms with E-state index in [0.717, 1.165) is 16.4 Å². The third-order valence-electron chi connectivity index (χ3n) is 3.92. The fourth-order valence-electron chi connectivity index (χ4n) is 2.75. The highest BCUT2D eigenvalue weighted by Crippen LogP contribution is 2.37. The predicted molar refractivity (Wildman–Crippen MR) is 77.6 cm³/mol. The number of hydrogen-bond donors (Lipinski definition) is 1. The second-order valence-electron chi connectivity index (χ2n) is 5.28. The molecule has 7 heteroatoms. The van der Waals surface area contributed by atoms with Crippen molar-refractivity contribution in [2.45, 2.75) is 35.5 Å². The number of rotatable bonds is 2. The van der Waals surface area contributed by atoms with Crippen LogP contribution in [0.15, 0.2) is 29.2 Å². The summed E-state index contributed by atoms with van der Waals surface area (Å²) < 4.78 is 25.9. The number of fused-ring (bicyclic) bond motifs is 1. The molecule has 5 nitrogen and oxygen atoms in total. The lowest BCUT2D eigenvalue weighted by molar-refractivity contribution is -0.127. The smallest absolute Gasteiger partial charge is 0.272 e. The average molecular weight is 359 g/mol. The molecule has 1 aliphatic carbocycles. The molecule has 108 valence electrons. The Hall–Kier alpha value is -0.920. The number of nitrogens with zero attached hydrogens (tertiary/aromatic N) is 1. The molecule has 0 bridgehead atoms. The van der Waals surface area contributed by atoms with Crippen LogP contribution < -0.4 is 5.43 Å². The topological polar surface area (TPSA) is 66.5 Å². The molecule has 0 spiro atoms. The van der Waals surface area contributed by atoms with E-state index in [1.165, 1.54) is 12.1 Å². The van der Waals surface area contributed by atoms with E-state index in [1.54, 1.807) is 12.1 Å². The van der Waals surface area contributed by atoms with E-state index in [1.807, 2.05) is 6.92 Å². The van der Waals surface area contributed by atoms with Crippen molar-refractivity contribution in [3.63, 3.8) is 0 Å². The molecule has 2 fully saturated rings. The molecule has 1 aromatic rings. The van der Waals surface area contributed by atoms with Crippen LogP contribution in [-0.2, 0) is 14.8 Å². The Morgan fingerprint density at radius 2 is 1.90 bits per heavy atom. The van der Waals surface area contributed by atoms with Crippen LogP contribution in [-0.4, -0.2) is 29.6 Å². The third kappa shape index (κ3) is 2.08. The summed E-state index contributed by atoms with van der Waals surface area (Å²) in [6.07, 6.45) is 1.60. The van der Waals surface area contributed by atoms with Gasteiger partial charge in [0.25, 0.3) is 15.9 Å². The van der Waals surface area contributed by atoms with Gasteiger partial charge in [0.05, 0.1) is 16.9 Å². The molecular formula is C13H15BrN2O3S. The first kappa shape index (κ1) is 14.0. The summed E-state index contributed by atoms with van der Waals surface area (Å²) in [4.78, 5) is 12.6. The zero-order chi connectivity index (χ0) is 14.5. The van der Waals surface area contributed by atoms with Crippen molar-refractivity contribution in [1.29, 1.82) is 0 Å². The summed E-state index contributed by atoms with van der Waals surface area (Å²) in [5.74, 6) is -0.600. The quantitative estimate of drug-likeness (QED) is 0.815. The Bertz CT molecular complexity index is 644. The lowest BCUT2D eigenvalue weighted by Crippen LogP contribution is -2.44. The van der Waals surface area contributed by atoms with Crippen molar-refractivity contribution in [3.05, 3.63) is 29.8 Å². The van der Waals surface area contributed by atoms with Crippen molar-refractivity contribution in [3.8, 4) is 0 Å². The van der Waals surface area contributed by atoms with Crippen LogP contribution >= 0.6 is 15.9 Å². The standard InChI is InChI=1S/C13H15BrN2O3S/c1-8-2-4-9(5-3-8)20(18,19)16-13(17)10-6-7-11(14)12(10)15-16/h2-5,10-12,15H,6-7H2,1H3/t10-,11-,12-/m1/s1. The SMILES string of the molecule is Cc1ccc(S(=O)(=O)N2N[C@H]3[C@H](Br)CC[C@H]3C2=O)cc1. The normalized spacial score (nSPS) is 29.8. The van der Waals surface area contributed by atoms with E-state index < -0.39 is 10.0 Å². The van der Waals surface area contributed by atoms with Gasteiger partial charge in [-0.25, -0.2) is 5.43 Å². The van der Waals surface area contributed by atoms with Crippen LogP contribution in [0.4, 0.5) is 0 Å². The van der Waals surface area contributed by atoms with E-state index in [0.29, 0.717) is 6.42 Å². The summed E-state index contributed by atoms with van der Waals surface area (Å²) >= 11 is 3.50. The lowest BCUT2D eigenvalue weighted by atomic mass is 10.1. The van der Waals surface area contributed by atoms with Gasteiger partial charge in [-0.3, -0.25) is 4.79 Å². The lowest BCUT2D eigenvalue weighted by Gasteiger charge is -2.19. The monoisotopic (exact) mass is 358 g/mol. The maximum absolute atomic E-state index is 12.5. The van der Waals surface area contributed by atoms with Crippen molar-refractivity contribution < 1.29 is 13.2 Å². The Morgan fingerprint density at radius 1 is 1.25 bits per heavy atom. The minimum Gasteiger partial charge on any atom is -0.272 e. The number of carbonyl (C=O) groups is 1. The average Bonchev–Trinajstić information content (AvgIpc) is 2.92. The maximum atomic E-state index is 12.5. The fourth-order valence-corrected chi connectivity index (χ4v) is 4.83. The van der Waals surface area contributed by atoms with Crippen molar-refractivity contribution in [1.82, 2.24) is 9.84 Å². The second kappa shape index (κ2) is 4.82. The van der Waals surface area contributed by atoms with Crippen LogP contribution in [0, 0.1) is 12.8 Å². The molecule has 1 N–H and O–H groups in total. The Morgan fingerprint density at radius 3 is 2.50 bits per heavy atom. The highest BCUT2D eigenvalue weighted by atomic mass is 79.9. The first-order valence-corrected chi connectivity index (χ1v) is 8.83. The number of hydrogen-bond acceptors (Lipinski definition) is 4. The highest BCUT2D eigenvalue weighted by molar-refractivity contribution is 9.09. The Labute approximate surface area is 126 Å². The van der Waals surface area contributed by atoms with Crippen molar-refractivity contribution in [2.24, 2.45) is 5.92 Å². The largest absolute Gasteiger partial charge is 0.280 e. The van der Waals surface area contributed by atoms with E-state index in [-0.39, 0.29) is 27.6 Å². The molecule has 2 aliphatic rings. The number of benzene rings is 1. The fraction of sp³-hybridized carbons (Fsp3) is 0.462. The van der Waals surface area contributed by atoms with Gasteiger partial charge < -0.3 is 0 Å². The summed E-state index contributed by atoms with van der Waals surface area (Å²) in [6.45, 7) is 1.88. The molecule has 1 heterocycles. The minimum atomic E-state index is -3.82. The molecule has 1 aliphatic heterocycles. The molecule has 1 saturated carbocycles. The molecular weight excluding hydrogens is 344 g/mol. The summed E-state index contributed by atoms with van der Waals surface area (Å²) in [6, 6.07) is 6.37. The van der Waals surface area contributed by atoms with Gasteiger partial charge >= 0.3 is 0 Å². The number of sulfonamides is 1. The summed E-state index contributed by atoms with van der Waals surface area (Å²) in [5, 5.41) is 0. The number of amides is 1. The molecule has 0 unspecified atom stereocenters. The highest BCUT2D eigenvalue weighted by Gasteiger charge is 2.51. The molecule has 3 rings (SSSR count). The van der Waals surface area contributed by atoms with Crippen LogP contribution in [0.25, 0.3) is 0 Å². The van der Waals surface area contributed by atoms with Gasteiger partial charge in [-0.15, -0.1) is 0 Å². The van der Waals surface area contributed by atoms with E-state index in [9.17, 15) is 13.2 Å². The summed E-state index contributed by atoms with van der Waals surface area (Å²) in [5.41, 5.74) is 3.83. The number of hydrazine groups is 1. The maximum Gasteiger partial charge on any atom is 0.280 e.